The Bertz CT molecular complexity index is 693. The molecule has 0 aliphatic heterocycles. The maximum Gasteiger partial charge on any atom is 0.306 e. The van der Waals surface area contributed by atoms with Gasteiger partial charge in [0.15, 0.2) is 11.5 Å². The van der Waals surface area contributed by atoms with Gasteiger partial charge in [-0.25, -0.2) is 15.0 Å². The summed E-state index contributed by atoms with van der Waals surface area (Å²) in [5.41, 5.74) is 7.02. The number of nitrogen functional groups attached to an aromatic ring is 1. The van der Waals surface area contributed by atoms with Gasteiger partial charge in [-0.05, 0) is 12.3 Å². The number of rotatable bonds is 3. The average Bonchev–Trinajstić information content (AvgIpc) is 3.04. The SMILES string of the molecule is CC(C(=O)O)[C@@H]1C=C[C@@H](n2cnc3c(N)ncnc32)C1. The lowest BCUT2D eigenvalue weighted by Gasteiger charge is -2.16. The fourth-order valence-electron chi connectivity index (χ4n) is 2.58. The first-order chi connectivity index (χ1) is 9.58. The van der Waals surface area contributed by atoms with E-state index in [1.165, 1.54) is 6.33 Å². The fraction of sp³-hybridized carbons (Fsp3) is 0.385. The van der Waals surface area contributed by atoms with Gasteiger partial charge >= 0.3 is 5.97 Å². The number of imidazole rings is 1. The second kappa shape index (κ2) is 4.59. The van der Waals surface area contributed by atoms with Crippen molar-refractivity contribution in [3.05, 3.63) is 24.8 Å². The zero-order chi connectivity index (χ0) is 14.3. The highest BCUT2D eigenvalue weighted by molar-refractivity contribution is 5.81. The third-order valence-electron chi connectivity index (χ3n) is 3.87. The number of carboxylic acids is 1. The molecule has 2 aromatic rings. The summed E-state index contributed by atoms with van der Waals surface area (Å²) in [7, 11) is 0. The molecule has 0 spiro atoms. The molecule has 0 amide bonds. The summed E-state index contributed by atoms with van der Waals surface area (Å²) >= 11 is 0. The van der Waals surface area contributed by atoms with Crippen LogP contribution in [0, 0.1) is 11.8 Å². The predicted molar refractivity (Wildman–Crippen MR) is 72.8 cm³/mol. The summed E-state index contributed by atoms with van der Waals surface area (Å²) in [4.78, 5) is 23.4. The Labute approximate surface area is 115 Å². The van der Waals surface area contributed by atoms with Gasteiger partial charge in [-0.15, -0.1) is 0 Å². The Balaban J connectivity index is 1.89. The fourth-order valence-corrected chi connectivity index (χ4v) is 2.58. The Morgan fingerprint density at radius 2 is 2.25 bits per heavy atom. The quantitative estimate of drug-likeness (QED) is 0.815. The van der Waals surface area contributed by atoms with Crippen LogP contribution in [0.4, 0.5) is 5.82 Å². The van der Waals surface area contributed by atoms with E-state index in [1.807, 2.05) is 16.7 Å². The number of hydrogen-bond acceptors (Lipinski definition) is 5. The summed E-state index contributed by atoms with van der Waals surface area (Å²) in [6, 6.07) is 0.0566. The van der Waals surface area contributed by atoms with E-state index in [0.29, 0.717) is 17.0 Å². The second-order valence-electron chi connectivity index (χ2n) is 5.06. The molecule has 1 aliphatic rings. The van der Waals surface area contributed by atoms with Crippen LogP contribution in [-0.4, -0.2) is 30.6 Å². The molecule has 2 aromatic heterocycles. The van der Waals surface area contributed by atoms with Crippen LogP contribution in [0.5, 0.6) is 0 Å². The van der Waals surface area contributed by atoms with Crippen molar-refractivity contribution in [2.24, 2.45) is 11.8 Å². The molecule has 7 nitrogen and oxygen atoms in total. The van der Waals surface area contributed by atoms with E-state index in [9.17, 15) is 4.79 Å². The van der Waals surface area contributed by atoms with Crippen LogP contribution in [0.15, 0.2) is 24.8 Å². The van der Waals surface area contributed by atoms with Crippen molar-refractivity contribution in [1.82, 2.24) is 19.5 Å². The van der Waals surface area contributed by atoms with Crippen LogP contribution in [0.1, 0.15) is 19.4 Å². The molecule has 0 fully saturated rings. The van der Waals surface area contributed by atoms with Gasteiger partial charge < -0.3 is 15.4 Å². The first-order valence-corrected chi connectivity index (χ1v) is 6.42. The first kappa shape index (κ1) is 12.6. The molecule has 104 valence electrons. The molecule has 0 aromatic carbocycles. The maximum atomic E-state index is 11.0. The average molecular weight is 273 g/mol. The first-order valence-electron chi connectivity index (χ1n) is 6.42. The summed E-state index contributed by atoms with van der Waals surface area (Å²) in [6.45, 7) is 1.73. The van der Waals surface area contributed by atoms with E-state index >= 15 is 0 Å². The molecule has 7 heteroatoms. The van der Waals surface area contributed by atoms with Crippen molar-refractivity contribution >= 4 is 23.0 Å². The lowest BCUT2D eigenvalue weighted by atomic mass is 9.93. The summed E-state index contributed by atoms with van der Waals surface area (Å²) < 4.78 is 1.92. The van der Waals surface area contributed by atoms with Crippen molar-refractivity contribution in [3.63, 3.8) is 0 Å². The number of carbonyl (C=O) groups is 1. The smallest absolute Gasteiger partial charge is 0.306 e. The molecular weight excluding hydrogens is 258 g/mol. The molecular formula is C13H15N5O2. The third kappa shape index (κ3) is 1.91. The number of aromatic nitrogens is 4. The number of fused-ring (bicyclic) bond motifs is 1. The van der Waals surface area contributed by atoms with Crippen molar-refractivity contribution in [2.75, 3.05) is 5.73 Å². The molecule has 0 bridgehead atoms. The van der Waals surface area contributed by atoms with Crippen LogP contribution >= 0.6 is 0 Å². The molecule has 3 N–H and O–H groups in total. The number of allylic oxidation sites excluding steroid dienone is 2. The Kier molecular flexibility index (Phi) is 2.89. The van der Waals surface area contributed by atoms with Crippen molar-refractivity contribution in [2.45, 2.75) is 19.4 Å². The number of nitrogens with two attached hydrogens (primary N) is 1. The Morgan fingerprint density at radius 1 is 1.45 bits per heavy atom. The van der Waals surface area contributed by atoms with Gasteiger partial charge in [-0.2, -0.15) is 0 Å². The van der Waals surface area contributed by atoms with Crippen LogP contribution < -0.4 is 5.73 Å². The predicted octanol–water partition coefficient (Wildman–Crippen LogP) is 1.25. The van der Waals surface area contributed by atoms with Crippen LogP contribution in [-0.2, 0) is 4.79 Å². The van der Waals surface area contributed by atoms with E-state index in [1.54, 1.807) is 13.3 Å². The molecule has 3 rings (SSSR count). The van der Waals surface area contributed by atoms with E-state index in [2.05, 4.69) is 15.0 Å². The van der Waals surface area contributed by atoms with Gasteiger partial charge in [0.2, 0.25) is 0 Å². The standard InChI is InChI=1S/C13H15N5O2/c1-7(13(19)20)8-2-3-9(4-8)18-6-17-10-11(14)15-5-16-12(10)18/h2-3,5-9H,4H2,1H3,(H,19,20)(H2,14,15,16)/t7?,8-,9-/m1/s1. The second-order valence-corrected chi connectivity index (χ2v) is 5.06. The normalized spacial score (nSPS) is 23.2. The van der Waals surface area contributed by atoms with Gasteiger partial charge in [-0.1, -0.05) is 19.1 Å². The minimum Gasteiger partial charge on any atom is -0.481 e. The van der Waals surface area contributed by atoms with Crippen LogP contribution in [0.3, 0.4) is 0 Å². The van der Waals surface area contributed by atoms with Crippen LogP contribution in [0.25, 0.3) is 11.2 Å². The summed E-state index contributed by atoms with van der Waals surface area (Å²) in [5, 5.41) is 9.08. The van der Waals surface area contributed by atoms with Gasteiger partial charge in [0.25, 0.3) is 0 Å². The van der Waals surface area contributed by atoms with E-state index < -0.39 is 11.9 Å². The van der Waals surface area contributed by atoms with Gasteiger partial charge in [-0.3, -0.25) is 4.79 Å². The van der Waals surface area contributed by atoms with Crippen molar-refractivity contribution in [1.29, 1.82) is 0 Å². The molecule has 3 atom stereocenters. The number of anilines is 1. The maximum absolute atomic E-state index is 11.0. The Morgan fingerprint density at radius 3 is 3.00 bits per heavy atom. The minimum absolute atomic E-state index is 0.0223. The number of nitrogens with zero attached hydrogens (tertiary/aromatic N) is 4. The van der Waals surface area contributed by atoms with Gasteiger partial charge in [0.1, 0.15) is 11.8 Å². The van der Waals surface area contributed by atoms with Gasteiger partial charge in [0, 0.05) is 0 Å². The zero-order valence-corrected chi connectivity index (χ0v) is 11.0. The molecule has 0 saturated heterocycles. The molecule has 20 heavy (non-hydrogen) atoms. The molecule has 1 unspecified atom stereocenters. The van der Waals surface area contributed by atoms with Crippen molar-refractivity contribution < 1.29 is 9.90 Å². The molecule has 2 heterocycles. The van der Waals surface area contributed by atoms with E-state index in [4.69, 9.17) is 10.8 Å². The number of hydrogen-bond donors (Lipinski definition) is 2. The summed E-state index contributed by atoms with van der Waals surface area (Å²) in [6.07, 6.45) is 7.77. The highest BCUT2D eigenvalue weighted by Crippen LogP contribution is 2.34. The summed E-state index contributed by atoms with van der Waals surface area (Å²) in [5.74, 6) is -0.798. The molecule has 1 aliphatic carbocycles. The third-order valence-corrected chi connectivity index (χ3v) is 3.87. The number of aliphatic carboxylic acids is 1. The highest BCUT2D eigenvalue weighted by atomic mass is 16.4. The van der Waals surface area contributed by atoms with Crippen LogP contribution in [0.2, 0.25) is 0 Å². The molecule has 0 saturated carbocycles. The lowest BCUT2D eigenvalue weighted by molar-refractivity contribution is -0.142. The zero-order valence-electron chi connectivity index (χ0n) is 11.0. The van der Waals surface area contributed by atoms with Gasteiger partial charge in [0.05, 0.1) is 18.3 Å². The largest absolute Gasteiger partial charge is 0.481 e. The monoisotopic (exact) mass is 273 g/mol. The topological polar surface area (TPSA) is 107 Å². The van der Waals surface area contributed by atoms with Crippen molar-refractivity contribution in [3.8, 4) is 0 Å². The molecule has 0 radical (unpaired) electrons. The highest BCUT2D eigenvalue weighted by Gasteiger charge is 2.29. The lowest BCUT2D eigenvalue weighted by Crippen LogP contribution is -2.19. The number of carboxylic acid groups (broad SMARTS) is 1. The minimum atomic E-state index is -0.776. The van der Waals surface area contributed by atoms with E-state index in [0.717, 1.165) is 6.42 Å². The van der Waals surface area contributed by atoms with E-state index in [-0.39, 0.29) is 12.0 Å². The Hall–Kier alpha value is -2.44.